The second kappa shape index (κ2) is 8.28. The van der Waals surface area contributed by atoms with Gasteiger partial charge in [0.05, 0.1) is 22.3 Å². The van der Waals surface area contributed by atoms with Gasteiger partial charge in [0.15, 0.2) is 0 Å². The number of carbonyl (C=O) groups excluding carboxylic acids is 1. The van der Waals surface area contributed by atoms with Gasteiger partial charge in [-0.1, -0.05) is 53.0 Å². The predicted molar refractivity (Wildman–Crippen MR) is 105 cm³/mol. The van der Waals surface area contributed by atoms with Crippen LogP contribution in [0.2, 0.25) is 15.1 Å². The zero-order valence-electron chi connectivity index (χ0n) is 13.5. The zero-order chi connectivity index (χ0) is 17.8. The maximum atomic E-state index is 12.3. The van der Waals surface area contributed by atoms with Crippen LogP contribution in [0.5, 0.6) is 0 Å². The molecule has 1 aliphatic rings. The Balaban J connectivity index is 1.53. The Kier molecular flexibility index (Phi) is 6.07. The Morgan fingerprint density at radius 3 is 2.16 bits per heavy atom. The summed E-state index contributed by atoms with van der Waals surface area (Å²) in [5.41, 5.74) is 1.62. The van der Waals surface area contributed by atoms with E-state index in [0.717, 1.165) is 26.2 Å². The fourth-order valence-electron chi connectivity index (χ4n) is 2.85. The Bertz CT molecular complexity index is 723. The van der Waals surface area contributed by atoms with E-state index in [2.05, 4.69) is 27.2 Å². The summed E-state index contributed by atoms with van der Waals surface area (Å²) in [6, 6.07) is 13.4. The minimum absolute atomic E-state index is 0.140. The molecule has 4 nitrogen and oxygen atoms in total. The lowest BCUT2D eigenvalue weighted by atomic mass is 10.2. The third-order valence-corrected chi connectivity index (χ3v) is 4.95. The average Bonchev–Trinajstić information content (AvgIpc) is 2.59. The van der Waals surface area contributed by atoms with E-state index in [1.165, 1.54) is 5.69 Å². The smallest absolute Gasteiger partial charge is 0.238 e. The lowest BCUT2D eigenvalue weighted by Crippen LogP contribution is -2.48. The maximum Gasteiger partial charge on any atom is 0.238 e. The van der Waals surface area contributed by atoms with Gasteiger partial charge in [0, 0.05) is 36.9 Å². The quantitative estimate of drug-likeness (QED) is 0.829. The van der Waals surface area contributed by atoms with Crippen LogP contribution in [0.1, 0.15) is 0 Å². The normalized spacial score (nSPS) is 15.2. The summed E-state index contributed by atoms with van der Waals surface area (Å²) in [4.78, 5) is 16.7. The van der Waals surface area contributed by atoms with Crippen molar-refractivity contribution in [3.63, 3.8) is 0 Å². The van der Waals surface area contributed by atoms with Crippen LogP contribution >= 0.6 is 34.8 Å². The molecule has 0 unspecified atom stereocenters. The first-order valence-electron chi connectivity index (χ1n) is 7.99. The van der Waals surface area contributed by atoms with Crippen molar-refractivity contribution < 1.29 is 4.79 Å². The first-order chi connectivity index (χ1) is 12.0. The van der Waals surface area contributed by atoms with Crippen molar-refractivity contribution in [3.05, 3.63) is 57.5 Å². The lowest BCUT2D eigenvalue weighted by molar-refractivity contribution is -0.117. The molecule has 1 aliphatic heterocycles. The fraction of sp³-hybridized carbons (Fsp3) is 0.278. The van der Waals surface area contributed by atoms with Crippen LogP contribution in [0, 0.1) is 0 Å². The third-order valence-electron chi connectivity index (χ3n) is 4.13. The molecule has 1 amide bonds. The number of halogens is 3. The van der Waals surface area contributed by atoms with Gasteiger partial charge in [0.2, 0.25) is 5.91 Å². The Labute approximate surface area is 162 Å². The highest BCUT2D eigenvalue weighted by Gasteiger charge is 2.20. The molecule has 0 saturated carbocycles. The molecule has 7 heteroatoms. The van der Waals surface area contributed by atoms with Crippen LogP contribution in [0.3, 0.4) is 0 Å². The molecule has 0 aliphatic carbocycles. The van der Waals surface area contributed by atoms with Crippen molar-refractivity contribution in [2.24, 2.45) is 0 Å². The molecule has 0 aromatic heterocycles. The summed E-state index contributed by atoms with van der Waals surface area (Å²) in [5, 5.41) is 3.88. The highest BCUT2D eigenvalue weighted by molar-refractivity contribution is 6.42. The molecule has 1 saturated heterocycles. The third kappa shape index (κ3) is 4.79. The van der Waals surface area contributed by atoms with Gasteiger partial charge >= 0.3 is 0 Å². The number of hydrogen-bond donors (Lipinski definition) is 1. The number of anilines is 2. The molecule has 1 N–H and O–H groups in total. The van der Waals surface area contributed by atoms with E-state index >= 15 is 0 Å². The standard InChI is InChI=1S/C18H18Cl3N3O/c19-13-10-15(20)18(16(21)11-13)22-17(25)12-23-6-8-24(9-7-23)14-4-2-1-3-5-14/h1-5,10-11H,6-9,12H2,(H,22,25). The van der Waals surface area contributed by atoms with Crippen LogP contribution in [0.15, 0.2) is 42.5 Å². The summed E-state index contributed by atoms with van der Waals surface area (Å²) in [6.45, 7) is 3.73. The molecule has 0 radical (unpaired) electrons. The minimum atomic E-state index is -0.140. The van der Waals surface area contributed by atoms with Gasteiger partial charge in [0.1, 0.15) is 0 Å². The van der Waals surface area contributed by atoms with Gasteiger partial charge in [-0.15, -0.1) is 0 Å². The van der Waals surface area contributed by atoms with Crippen molar-refractivity contribution in [1.82, 2.24) is 4.90 Å². The molecule has 1 fully saturated rings. The minimum Gasteiger partial charge on any atom is -0.369 e. The number of nitrogens with one attached hydrogen (secondary N) is 1. The van der Waals surface area contributed by atoms with Crippen LogP contribution < -0.4 is 10.2 Å². The van der Waals surface area contributed by atoms with Crippen molar-refractivity contribution in [2.45, 2.75) is 0 Å². The maximum absolute atomic E-state index is 12.3. The van der Waals surface area contributed by atoms with Gasteiger partial charge in [-0.25, -0.2) is 0 Å². The van der Waals surface area contributed by atoms with Crippen LogP contribution in [0.25, 0.3) is 0 Å². The second-order valence-electron chi connectivity index (χ2n) is 5.89. The van der Waals surface area contributed by atoms with Gasteiger partial charge in [-0.3, -0.25) is 9.69 Å². The topological polar surface area (TPSA) is 35.6 Å². The number of rotatable bonds is 4. The molecule has 0 spiro atoms. The monoisotopic (exact) mass is 397 g/mol. The molecule has 2 aromatic carbocycles. The highest BCUT2D eigenvalue weighted by atomic mass is 35.5. The molecule has 1 heterocycles. The molecule has 0 bridgehead atoms. The molecule has 2 aromatic rings. The molecule has 25 heavy (non-hydrogen) atoms. The van der Waals surface area contributed by atoms with E-state index in [9.17, 15) is 4.79 Å². The Morgan fingerprint density at radius 1 is 0.960 bits per heavy atom. The van der Waals surface area contributed by atoms with E-state index < -0.39 is 0 Å². The lowest BCUT2D eigenvalue weighted by Gasteiger charge is -2.35. The molecule has 3 rings (SSSR count). The highest BCUT2D eigenvalue weighted by Crippen LogP contribution is 2.33. The fourth-order valence-corrected chi connectivity index (χ4v) is 3.76. The summed E-state index contributed by atoms with van der Waals surface area (Å²) >= 11 is 18.1. The van der Waals surface area contributed by atoms with Crippen LogP contribution in [-0.2, 0) is 4.79 Å². The van der Waals surface area contributed by atoms with Gasteiger partial charge in [0.25, 0.3) is 0 Å². The van der Waals surface area contributed by atoms with Crippen LogP contribution in [0.4, 0.5) is 11.4 Å². The van der Waals surface area contributed by atoms with E-state index in [1.807, 2.05) is 18.2 Å². The summed E-state index contributed by atoms with van der Waals surface area (Å²) < 4.78 is 0. The number of amides is 1. The van der Waals surface area contributed by atoms with E-state index in [1.54, 1.807) is 12.1 Å². The summed E-state index contributed by atoms with van der Waals surface area (Å²) in [6.07, 6.45) is 0. The van der Waals surface area contributed by atoms with Crippen molar-refractivity contribution in [3.8, 4) is 0 Å². The van der Waals surface area contributed by atoms with Crippen LogP contribution in [-0.4, -0.2) is 43.5 Å². The number of piperazine rings is 1. The van der Waals surface area contributed by atoms with E-state index in [-0.39, 0.29) is 5.91 Å². The Hall–Kier alpha value is -1.46. The molecular weight excluding hydrogens is 381 g/mol. The number of para-hydroxylation sites is 1. The van der Waals surface area contributed by atoms with Gasteiger partial charge < -0.3 is 10.2 Å². The SMILES string of the molecule is O=C(CN1CCN(c2ccccc2)CC1)Nc1c(Cl)cc(Cl)cc1Cl. The first-order valence-corrected chi connectivity index (χ1v) is 9.13. The average molecular weight is 399 g/mol. The van der Waals surface area contributed by atoms with Crippen molar-refractivity contribution in [2.75, 3.05) is 42.9 Å². The Morgan fingerprint density at radius 2 is 1.56 bits per heavy atom. The number of carbonyl (C=O) groups is 1. The molecular formula is C18H18Cl3N3O. The van der Waals surface area contributed by atoms with E-state index in [4.69, 9.17) is 34.8 Å². The van der Waals surface area contributed by atoms with Crippen molar-refractivity contribution in [1.29, 1.82) is 0 Å². The molecule has 132 valence electrons. The summed E-state index contributed by atoms with van der Waals surface area (Å²) in [5.74, 6) is -0.140. The number of hydrogen-bond acceptors (Lipinski definition) is 3. The number of nitrogens with zero attached hydrogens (tertiary/aromatic N) is 2. The first kappa shape index (κ1) is 18.3. The van der Waals surface area contributed by atoms with E-state index in [0.29, 0.717) is 27.3 Å². The second-order valence-corrected chi connectivity index (χ2v) is 7.14. The summed E-state index contributed by atoms with van der Waals surface area (Å²) in [7, 11) is 0. The molecule has 0 atom stereocenters. The zero-order valence-corrected chi connectivity index (χ0v) is 15.8. The number of benzene rings is 2. The largest absolute Gasteiger partial charge is 0.369 e. The van der Waals surface area contributed by atoms with Gasteiger partial charge in [-0.05, 0) is 24.3 Å². The predicted octanol–water partition coefficient (Wildman–Crippen LogP) is 4.41. The van der Waals surface area contributed by atoms with Crippen molar-refractivity contribution >= 4 is 52.1 Å². The van der Waals surface area contributed by atoms with Gasteiger partial charge in [-0.2, -0.15) is 0 Å².